The van der Waals surface area contributed by atoms with Gasteiger partial charge in [0.1, 0.15) is 0 Å². The number of carbonyl (C=O) groups excluding carboxylic acids is 2. The maximum absolute atomic E-state index is 11.7. The molecule has 6 nitrogen and oxygen atoms in total. The highest BCUT2D eigenvalue weighted by molar-refractivity contribution is 5.83. The number of likely N-dealkylation sites (tertiary alicyclic amines) is 1. The van der Waals surface area contributed by atoms with Gasteiger partial charge in [-0.1, -0.05) is 0 Å². The highest BCUT2D eigenvalue weighted by Gasteiger charge is 2.18. The topological polar surface area (TPSA) is 72.9 Å². The van der Waals surface area contributed by atoms with Crippen LogP contribution in [0.2, 0.25) is 0 Å². The van der Waals surface area contributed by atoms with E-state index in [1.165, 1.54) is 0 Å². The number of hydrogen-bond acceptors (Lipinski definition) is 4. The van der Waals surface area contributed by atoms with Crippen LogP contribution in [0.4, 0.5) is 0 Å². The summed E-state index contributed by atoms with van der Waals surface area (Å²) in [6.45, 7) is 2.38. The van der Waals surface area contributed by atoms with Crippen molar-refractivity contribution in [2.75, 3.05) is 40.3 Å². The Kier molecular flexibility index (Phi) is 6.80. The Labute approximate surface area is 114 Å². The number of carbonyl (C=O) groups is 2. The Balaban J connectivity index is 2.12. The van der Waals surface area contributed by atoms with Crippen LogP contribution < -0.4 is 5.32 Å². The van der Waals surface area contributed by atoms with Crippen LogP contribution >= 0.6 is 0 Å². The largest absolute Gasteiger partial charge is 0.390 e. The van der Waals surface area contributed by atoms with Gasteiger partial charge in [0.25, 0.3) is 0 Å². The molecule has 1 rings (SSSR count). The second kappa shape index (κ2) is 8.12. The quantitative estimate of drug-likeness (QED) is 0.650. The Morgan fingerprint density at radius 2 is 1.89 bits per heavy atom. The summed E-state index contributed by atoms with van der Waals surface area (Å²) in [7, 11) is 3.72. The van der Waals surface area contributed by atoms with Gasteiger partial charge in [0.2, 0.25) is 11.8 Å². The standard InChI is InChI=1S/C13H25N3O3/c1-15(2)10-11(17)9-14-12(18)5-6-13(19)16-7-3-4-8-16/h11,17H,3-10H2,1-2H3,(H,14,18). The molecule has 1 heterocycles. The molecule has 110 valence electrons. The van der Waals surface area contributed by atoms with E-state index in [1.54, 1.807) is 0 Å². The lowest BCUT2D eigenvalue weighted by molar-refractivity contribution is -0.132. The van der Waals surface area contributed by atoms with Crippen molar-refractivity contribution in [2.45, 2.75) is 31.8 Å². The Morgan fingerprint density at radius 1 is 1.26 bits per heavy atom. The van der Waals surface area contributed by atoms with Gasteiger partial charge < -0.3 is 20.2 Å². The van der Waals surface area contributed by atoms with Gasteiger partial charge in [0.05, 0.1) is 6.10 Å². The highest BCUT2D eigenvalue weighted by Crippen LogP contribution is 2.09. The predicted octanol–water partition coefficient (Wildman–Crippen LogP) is -0.572. The molecular weight excluding hydrogens is 246 g/mol. The third-order valence-electron chi connectivity index (χ3n) is 3.14. The van der Waals surface area contributed by atoms with E-state index in [-0.39, 0.29) is 31.2 Å². The first kappa shape index (κ1) is 15.9. The molecule has 1 unspecified atom stereocenters. The summed E-state index contributed by atoms with van der Waals surface area (Å²) in [6.07, 6.45) is 2.01. The van der Waals surface area contributed by atoms with E-state index >= 15 is 0 Å². The molecule has 1 aliphatic rings. The van der Waals surface area contributed by atoms with Crippen molar-refractivity contribution in [2.24, 2.45) is 0 Å². The minimum Gasteiger partial charge on any atom is -0.390 e. The molecule has 1 fully saturated rings. The van der Waals surface area contributed by atoms with Crippen LogP contribution in [0, 0.1) is 0 Å². The van der Waals surface area contributed by atoms with Gasteiger partial charge in [-0.05, 0) is 26.9 Å². The number of nitrogens with zero attached hydrogens (tertiary/aromatic N) is 2. The normalized spacial score (nSPS) is 16.7. The summed E-state index contributed by atoms with van der Waals surface area (Å²) in [5, 5.41) is 12.2. The number of nitrogens with one attached hydrogen (secondary N) is 1. The third-order valence-corrected chi connectivity index (χ3v) is 3.14. The summed E-state index contributed by atoms with van der Waals surface area (Å²) >= 11 is 0. The summed E-state index contributed by atoms with van der Waals surface area (Å²) in [4.78, 5) is 26.9. The zero-order valence-electron chi connectivity index (χ0n) is 11.9. The molecule has 1 aliphatic heterocycles. The summed E-state index contributed by atoms with van der Waals surface area (Å²) < 4.78 is 0. The minimum atomic E-state index is -0.576. The van der Waals surface area contributed by atoms with E-state index in [0.717, 1.165) is 25.9 Å². The minimum absolute atomic E-state index is 0.0569. The average molecular weight is 271 g/mol. The molecule has 0 aromatic heterocycles. The lowest BCUT2D eigenvalue weighted by Crippen LogP contribution is -2.38. The molecule has 0 radical (unpaired) electrons. The van der Waals surface area contributed by atoms with Crippen LogP contribution in [0.1, 0.15) is 25.7 Å². The third kappa shape index (κ3) is 6.54. The zero-order chi connectivity index (χ0) is 14.3. The number of aliphatic hydroxyl groups is 1. The second-order valence-electron chi connectivity index (χ2n) is 5.31. The molecule has 6 heteroatoms. The molecule has 0 saturated carbocycles. The Morgan fingerprint density at radius 3 is 2.47 bits per heavy atom. The summed E-state index contributed by atoms with van der Waals surface area (Å²) in [5.74, 6) is -0.119. The van der Waals surface area contributed by atoms with Gasteiger partial charge >= 0.3 is 0 Å². The fourth-order valence-corrected chi connectivity index (χ4v) is 2.15. The summed E-state index contributed by atoms with van der Waals surface area (Å²) in [5.41, 5.74) is 0. The van der Waals surface area contributed by atoms with Crippen molar-refractivity contribution in [1.29, 1.82) is 0 Å². The maximum atomic E-state index is 11.7. The lowest BCUT2D eigenvalue weighted by Gasteiger charge is -2.17. The number of aliphatic hydroxyl groups excluding tert-OH is 1. The maximum Gasteiger partial charge on any atom is 0.223 e. The molecular formula is C13H25N3O3. The van der Waals surface area contributed by atoms with E-state index < -0.39 is 6.10 Å². The molecule has 0 spiro atoms. The molecule has 0 aromatic carbocycles. The first-order valence-electron chi connectivity index (χ1n) is 6.86. The Hall–Kier alpha value is -1.14. The van der Waals surface area contributed by atoms with Crippen molar-refractivity contribution < 1.29 is 14.7 Å². The monoisotopic (exact) mass is 271 g/mol. The number of hydrogen-bond donors (Lipinski definition) is 2. The average Bonchev–Trinajstić information content (AvgIpc) is 2.86. The fraction of sp³-hybridized carbons (Fsp3) is 0.846. The van der Waals surface area contributed by atoms with Crippen molar-refractivity contribution in [3.05, 3.63) is 0 Å². The van der Waals surface area contributed by atoms with E-state index in [4.69, 9.17) is 0 Å². The van der Waals surface area contributed by atoms with Crippen molar-refractivity contribution >= 4 is 11.8 Å². The van der Waals surface area contributed by atoms with Gasteiger partial charge in [0.15, 0.2) is 0 Å². The van der Waals surface area contributed by atoms with Gasteiger partial charge in [-0.3, -0.25) is 9.59 Å². The van der Waals surface area contributed by atoms with Crippen LogP contribution in [0.15, 0.2) is 0 Å². The van der Waals surface area contributed by atoms with E-state index in [1.807, 2.05) is 23.9 Å². The van der Waals surface area contributed by atoms with Gasteiger partial charge in [-0.15, -0.1) is 0 Å². The summed E-state index contributed by atoms with van der Waals surface area (Å²) in [6, 6.07) is 0. The van der Waals surface area contributed by atoms with E-state index in [2.05, 4.69) is 5.32 Å². The SMILES string of the molecule is CN(C)CC(O)CNC(=O)CCC(=O)N1CCCC1. The van der Waals surface area contributed by atoms with Gasteiger partial charge in [-0.25, -0.2) is 0 Å². The van der Waals surface area contributed by atoms with Crippen LogP contribution in [0.5, 0.6) is 0 Å². The fourth-order valence-electron chi connectivity index (χ4n) is 2.15. The molecule has 19 heavy (non-hydrogen) atoms. The molecule has 2 amide bonds. The van der Waals surface area contributed by atoms with Crippen molar-refractivity contribution in [3.8, 4) is 0 Å². The number of likely N-dealkylation sites (N-methyl/N-ethyl adjacent to an activating group) is 1. The van der Waals surface area contributed by atoms with Crippen LogP contribution in [0.3, 0.4) is 0 Å². The zero-order valence-corrected chi connectivity index (χ0v) is 11.9. The molecule has 0 aromatic rings. The Bertz CT molecular complexity index is 302. The van der Waals surface area contributed by atoms with Gasteiger partial charge in [0, 0.05) is 39.0 Å². The van der Waals surface area contributed by atoms with E-state index in [9.17, 15) is 14.7 Å². The molecule has 0 bridgehead atoms. The van der Waals surface area contributed by atoms with Crippen molar-refractivity contribution in [3.63, 3.8) is 0 Å². The smallest absolute Gasteiger partial charge is 0.223 e. The van der Waals surface area contributed by atoms with Crippen LogP contribution in [-0.4, -0.2) is 73.1 Å². The molecule has 1 atom stereocenters. The lowest BCUT2D eigenvalue weighted by atomic mass is 10.2. The first-order chi connectivity index (χ1) is 8.99. The van der Waals surface area contributed by atoms with Crippen molar-refractivity contribution in [1.82, 2.24) is 15.1 Å². The predicted molar refractivity (Wildman–Crippen MR) is 72.6 cm³/mol. The highest BCUT2D eigenvalue weighted by atomic mass is 16.3. The van der Waals surface area contributed by atoms with Crippen LogP contribution in [0.25, 0.3) is 0 Å². The molecule has 1 saturated heterocycles. The molecule has 2 N–H and O–H groups in total. The number of amides is 2. The second-order valence-corrected chi connectivity index (χ2v) is 5.31. The van der Waals surface area contributed by atoms with Gasteiger partial charge in [-0.2, -0.15) is 0 Å². The van der Waals surface area contributed by atoms with E-state index in [0.29, 0.717) is 6.54 Å². The first-order valence-corrected chi connectivity index (χ1v) is 6.86. The number of rotatable bonds is 7. The van der Waals surface area contributed by atoms with Crippen LogP contribution in [-0.2, 0) is 9.59 Å². The molecule has 0 aliphatic carbocycles.